The molecule has 8 heteroatoms. The Balaban J connectivity index is 1.89. The first-order valence-corrected chi connectivity index (χ1v) is 8.88. The monoisotopic (exact) mass is 396 g/mol. The fourth-order valence-electron chi connectivity index (χ4n) is 2.94. The van der Waals surface area contributed by atoms with Gasteiger partial charge in [-0.05, 0) is 50.2 Å². The second kappa shape index (κ2) is 8.14. The summed E-state index contributed by atoms with van der Waals surface area (Å²) < 4.78 is 21.3. The maximum Gasteiger partial charge on any atom is 0.255 e. The Morgan fingerprint density at radius 2 is 1.79 bits per heavy atom. The smallest absolute Gasteiger partial charge is 0.255 e. The highest BCUT2D eigenvalue weighted by molar-refractivity contribution is 6.07. The van der Waals surface area contributed by atoms with E-state index in [1.807, 2.05) is 19.9 Å². The van der Waals surface area contributed by atoms with Gasteiger partial charge < -0.3 is 15.4 Å². The molecule has 2 aromatic carbocycles. The minimum absolute atomic E-state index is 0.129. The molecule has 0 saturated carbocycles. The molecule has 7 nitrogen and oxygen atoms in total. The van der Waals surface area contributed by atoms with Crippen LogP contribution in [-0.4, -0.2) is 28.7 Å². The second-order valence-corrected chi connectivity index (χ2v) is 6.55. The first-order valence-electron chi connectivity index (χ1n) is 8.88. The molecule has 0 aliphatic carbocycles. The van der Waals surface area contributed by atoms with Crippen molar-refractivity contribution in [3.8, 4) is 11.4 Å². The number of aryl methyl sites for hydroxylation is 2. The molecule has 0 aliphatic rings. The third kappa shape index (κ3) is 4.43. The summed E-state index contributed by atoms with van der Waals surface area (Å²) in [5.41, 5.74) is 2.69. The molecule has 1 heterocycles. The van der Waals surface area contributed by atoms with Gasteiger partial charge >= 0.3 is 0 Å². The highest BCUT2D eigenvalue weighted by atomic mass is 19.1. The van der Waals surface area contributed by atoms with Crippen LogP contribution in [0, 0.1) is 19.7 Å². The molecule has 3 aromatic rings. The minimum Gasteiger partial charge on any atom is -0.497 e. The molecule has 0 bridgehead atoms. The van der Waals surface area contributed by atoms with Gasteiger partial charge in [-0.2, -0.15) is 5.10 Å². The van der Waals surface area contributed by atoms with Gasteiger partial charge in [0.15, 0.2) is 0 Å². The molecule has 29 heavy (non-hydrogen) atoms. The van der Waals surface area contributed by atoms with Crippen LogP contribution in [-0.2, 0) is 4.79 Å². The molecule has 1 aromatic heterocycles. The number of hydrogen-bond acceptors (Lipinski definition) is 4. The van der Waals surface area contributed by atoms with Crippen LogP contribution < -0.4 is 15.4 Å². The molecular weight excluding hydrogens is 375 g/mol. The number of nitrogens with one attached hydrogen (secondary N) is 2. The summed E-state index contributed by atoms with van der Waals surface area (Å²) >= 11 is 0. The van der Waals surface area contributed by atoms with Gasteiger partial charge in [-0.1, -0.05) is 0 Å². The molecule has 0 saturated heterocycles. The van der Waals surface area contributed by atoms with E-state index in [0.717, 1.165) is 17.5 Å². The normalized spacial score (nSPS) is 10.5. The molecule has 2 amide bonds. The number of nitrogens with zero attached hydrogens (tertiary/aromatic N) is 2. The quantitative estimate of drug-likeness (QED) is 0.686. The van der Waals surface area contributed by atoms with Gasteiger partial charge in [0.25, 0.3) is 5.91 Å². The van der Waals surface area contributed by atoms with Crippen LogP contribution in [0.3, 0.4) is 0 Å². The van der Waals surface area contributed by atoms with Gasteiger partial charge in [-0.3, -0.25) is 9.59 Å². The van der Waals surface area contributed by atoms with Gasteiger partial charge in [0.1, 0.15) is 17.3 Å². The number of ether oxygens (including phenoxy) is 1. The van der Waals surface area contributed by atoms with Crippen molar-refractivity contribution < 1.29 is 18.7 Å². The number of rotatable bonds is 5. The third-order valence-corrected chi connectivity index (χ3v) is 4.23. The number of methoxy groups -OCH3 is 1. The predicted octanol–water partition coefficient (Wildman–Crippen LogP) is 3.85. The van der Waals surface area contributed by atoms with Crippen LogP contribution in [0.1, 0.15) is 28.7 Å². The van der Waals surface area contributed by atoms with Crippen molar-refractivity contribution >= 4 is 23.2 Å². The molecule has 2 N–H and O–H groups in total. The van der Waals surface area contributed by atoms with Crippen molar-refractivity contribution in [3.63, 3.8) is 0 Å². The van der Waals surface area contributed by atoms with Crippen molar-refractivity contribution in [3.05, 3.63) is 65.2 Å². The van der Waals surface area contributed by atoms with E-state index in [2.05, 4.69) is 15.7 Å². The van der Waals surface area contributed by atoms with Gasteiger partial charge in [0.2, 0.25) is 5.91 Å². The number of aromatic nitrogens is 2. The molecule has 0 radical (unpaired) electrons. The maximum atomic E-state index is 14.7. The van der Waals surface area contributed by atoms with Crippen LogP contribution in [0.5, 0.6) is 5.75 Å². The summed E-state index contributed by atoms with van der Waals surface area (Å²) in [6.07, 6.45) is 0. The molecule has 0 aliphatic heterocycles. The first kappa shape index (κ1) is 20.1. The Hall–Kier alpha value is -3.68. The lowest BCUT2D eigenvalue weighted by Crippen LogP contribution is -2.16. The van der Waals surface area contributed by atoms with Gasteiger partial charge in [-0.25, -0.2) is 9.07 Å². The van der Waals surface area contributed by atoms with Crippen molar-refractivity contribution in [2.24, 2.45) is 0 Å². The Bertz CT molecular complexity index is 1090. The van der Waals surface area contributed by atoms with E-state index in [1.54, 1.807) is 18.2 Å². The summed E-state index contributed by atoms with van der Waals surface area (Å²) in [5.74, 6) is -0.883. The number of halogens is 1. The van der Waals surface area contributed by atoms with Crippen molar-refractivity contribution in [2.75, 3.05) is 17.7 Å². The number of carbonyl (C=O) groups is 2. The van der Waals surface area contributed by atoms with E-state index in [4.69, 9.17) is 4.74 Å². The fraction of sp³-hybridized carbons (Fsp3) is 0.190. The highest BCUT2D eigenvalue weighted by Gasteiger charge is 2.15. The number of anilines is 2. The van der Waals surface area contributed by atoms with Crippen LogP contribution in [0.2, 0.25) is 0 Å². The Morgan fingerprint density at radius 1 is 1.03 bits per heavy atom. The topological polar surface area (TPSA) is 85.3 Å². The van der Waals surface area contributed by atoms with Crippen molar-refractivity contribution in [1.82, 2.24) is 9.78 Å². The van der Waals surface area contributed by atoms with Crippen LogP contribution >= 0.6 is 0 Å². The van der Waals surface area contributed by atoms with E-state index < -0.39 is 11.7 Å². The zero-order valence-corrected chi connectivity index (χ0v) is 16.5. The SMILES string of the molecule is COc1ccc(NC(C)=O)c(NC(=O)c2ccc(-n3nc(C)cc3C)c(F)c2)c1. The van der Waals surface area contributed by atoms with E-state index in [-0.39, 0.29) is 17.2 Å². The van der Waals surface area contributed by atoms with Gasteiger partial charge in [-0.15, -0.1) is 0 Å². The van der Waals surface area contributed by atoms with Crippen LogP contribution in [0.15, 0.2) is 42.5 Å². The van der Waals surface area contributed by atoms with E-state index in [0.29, 0.717) is 17.1 Å². The molecule has 0 atom stereocenters. The standard InChI is InChI=1S/C21H21FN4O3/c1-12-9-13(2)26(25-12)20-8-5-15(10-17(20)22)21(28)24-19-11-16(29-4)6-7-18(19)23-14(3)27/h5-11H,1-4H3,(H,23,27)(H,24,28). The molecule has 0 unspecified atom stereocenters. The molecule has 150 valence electrons. The lowest BCUT2D eigenvalue weighted by molar-refractivity contribution is -0.114. The van der Waals surface area contributed by atoms with E-state index in [1.165, 1.54) is 30.8 Å². The van der Waals surface area contributed by atoms with Gasteiger partial charge in [0, 0.05) is 24.2 Å². The lowest BCUT2D eigenvalue weighted by atomic mass is 10.1. The fourth-order valence-corrected chi connectivity index (χ4v) is 2.94. The van der Waals surface area contributed by atoms with E-state index in [9.17, 15) is 14.0 Å². The average molecular weight is 396 g/mol. The summed E-state index contributed by atoms with van der Waals surface area (Å²) in [6.45, 7) is 5.01. The molecular formula is C21H21FN4O3. The lowest BCUT2D eigenvalue weighted by Gasteiger charge is -2.13. The predicted molar refractivity (Wildman–Crippen MR) is 108 cm³/mol. The van der Waals surface area contributed by atoms with Crippen LogP contribution in [0.25, 0.3) is 5.69 Å². The third-order valence-electron chi connectivity index (χ3n) is 4.23. The van der Waals surface area contributed by atoms with Gasteiger partial charge in [0.05, 0.1) is 24.2 Å². The number of carbonyl (C=O) groups excluding carboxylic acids is 2. The molecule has 0 fully saturated rings. The number of benzene rings is 2. The van der Waals surface area contributed by atoms with E-state index >= 15 is 0 Å². The molecule has 3 rings (SSSR count). The van der Waals surface area contributed by atoms with Crippen LogP contribution in [0.4, 0.5) is 15.8 Å². The maximum absolute atomic E-state index is 14.7. The minimum atomic E-state index is -0.573. The number of amides is 2. The number of hydrogen-bond donors (Lipinski definition) is 2. The Labute approximate surface area is 167 Å². The van der Waals surface area contributed by atoms with Crippen molar-refractivity contribution in [1.29, 1.82) is 0 Å². The summed E-state index contributed by atoms with van der Waals surface area (Å²) in [4.78, 5) is 24.1. The highest BCUT2D eigenvalue weighted by Crippen LogP contribution is 2.28. The first-order chi connectivity index (χ1) is 13.8. The second-order valence-electron chi connectivity index (χ2n) is 6.55. The molecule has 0 spiro atoms. The largest absolute Gasteiger partial charge is 0.497 e. The summed E-state index contributed by atoms with van der Waals surface area (Å²) in [6, 6.07) is 10.9. The summed E-state index contributed by atoms with van der Waals surface area (Å²) in [7, 11) is 1.49. The Kier molecular flexibility index (Phi) is 5.63. The summed E-state index contributed by atoms with van der Waals surface area (Å²) in [5, 5.41) is 9.59. The zero-order chi connectivity index (χ0) is 21.1. The Morgan fingerprint density at radius 3 is 2.38 bits per heavy atom. The van der Waals surface area contributed by atoms with Crippen molar-refractivity contribution in [2.45, 2.75) is 20.8 Å². The zero-order valence-electron chi connectivity index (χ0n) is 16.5. The average Bonchev–Trinajstić information content (AvgIpc) is 3.00.